The minimum Gasteiger partial charge on any atom is -0.362 e. The van der Waals surface area contributed by atoms with E-state index in [2.05, 4.69) is 15.3 Å². The third kappa shape index (κ3) is 5.68. The van der Waals surface area contributed by atoms with Gasteiger partial charge in [-0.05, 0) is 31.9 Å². The van der Waals surface area contributed by atoms with Crippen LogP contribution in [0.5, 0.6) is 0 Å². The molecule has 0 aromatic carbocycles. The van der Waals surface area contributed by atoms with Crippen molar-refractivity contribution >= 4 is 39.0 Å². The summed E-state index contributed by atoms with van der Waals surface area (Å²) in [6.45, 7) is 1.05. The molecule has 0 unspecified atom stereocenters. The first-order valence-electron chi connectivity index (χ1n) is 10.8. The largest absolute Gasteiger partial charge is 0.416 e. The van der Waals surface area contributed by atoms with Crippen molar-refractivity contribution < 1.29 is 31.1 Å². The number of sulfonamides is 1. The molecule has 0 bridgehead atoms. The van der Waals surface area contributed by atoms with E-state index < -0.39 is 45.9 Å². The number of pyridine rings is 2. The lowest BCUT2D eigenvalue weighted by molar-refractivity contribution is -0.233. The van der Waals surface area contributed by atoms with Gasteiger partial charge in [0, 0.05) is 30.4 Å². The summed E-state index contributed by atoms with van der Waals surface area (Å²) in [6.07, 6.45) is -3.60. The Kier molecular flexibility index (Phi) is 6.97. The van der Waals surface area contributed by atoms with Gasteiger partial charge in [0.2, 0.25) is 0 Å². The van der Waals surface area contributed by atoms with Crippen LogP contribution in [0, 0.1) is 0 Å². The Hall–Kier alpha value is -2.48. The average molecular weight is 534 g/mol. The fourth-order valence-corrected chi connectivity index (χ4v) is 4.82. The van der Waals surface area contributed by atoms with Crippen LogP contribution in [-0.4, -0.2) is 55.8 Å². The molecule has 1 aliphatic carbocycles. The van der Waals surface area contributed by atoms with Crippen LogP contribution in [0.3, 0.4) is 0 Å². The second-order valence-electron chi connectivity index (χ2n) is 8.62. The highest BCUT2D eigenvalue weighted by molar-refractivity contribution is 7.89. The first-order chi connectivity index (χ1) is 16.3. The van der Waals surface area contributed by atoms with Crippen molar-refractivity contribution in [3.8, 4) is 0 Å². The lowest BCUT2D eigenvalue weighted by Crippen LogP contribution is -2.53. The maximum absolute atomic E-state index is 13.5. The van der Waals surface area contributed by atoms with Crippen LogP contribution >= 0.6 is 11.6 Å². The fraction of sp³-hybridized carbons (Fsp3) is 0.476. The van der Waals surface area contributed by atoms with E-state index in [1.165, 1.54) is 24.0 Å². The lowest BCUT2D eigenvalue weighted by atomic mass is 9.82. The molecule has 0 radical (unpaired) electrons. The molecule has 14 heteroatoms. The standard InChI is InChI=1S/C21H23ClF3N5O4S/c1-11-9-30(10-16(34-11)21(23,24)25)19-14(8-15(22)18(29-19)12-3-2-4-12)20(31)28-13-5-6-27-17(7-13)35(26,32)33/h5-8,11-12,16H,2-4,9-10H2,1H3,(H2,26,32,33)(H,27,28,31)/t11-,16+/m0/s1. The number of amides is 1. The molecule has 9 nitrogen and oxygen atoms in total. The highest BCUT2D eigenvalue weighted by Crippen LogP contribution is 2.41. The average Bonchev–Trinajstić information content (AvgIpc) is 2.72. The SMILES string of the molecule is C[C@H]1CN(c2nc(C3CCC3)c(Cl)cc2C(=O)Nc2ccnc(S(N)(=O)=O)c2)C[C@H](C(F)(F)F)O1. The van der Waals surface area contributed by atoms with Crippen molar-refractivity contribution in [2.75, 3.05) is 23.3 Å². The Balaban J connectivity index is 1.72. The zero-order valence-electron chi connectivity index (χ0n) is 18.5. The van der Waals surface area contributed by atoms with Crippen molar-refractivity contribution in [2.24, 2.45) is 5.14 Å². The molecule has 2 aliphatic rings. The van der Waals surface area contributed by atoms with Crippen LogP contribution in [0.2, 0.25) is 5.02 Å². The molecule has 190 valence electrons. The molecule has 1 aliphatic heterocycles. The van der Waals surface area contributed by atoms with Crippen molar-refractivity contribution in [3.05, 3.63) is 40.7 Å². The molecule has 2 aromatic heterocycles. The van der Waals surface area contributed by atoms with Crippen LogP contribution in [0.25, 0.3) is 0 Å². The number of primary sulfonamides is 1. The number of hydrogen-bond donors (Lipinski definition) is 2. The number of carbonyl (C=O) groups is 1. The summed E-state index contributed by atoms with van der Waals surface area (Å²) >= 11 is 6.44. The molecule has 2 aromatic rings. The molecule has 3 heterocycles. The number of nitrogens with zero attached hydrogens (tertiary/aromatic N) is 3. The number of nitrogens with two attached hydrogens (primary N) is 1. The number of ether oxygens (including phenoxy) is 1. The van der Waals surface area contributed by atoms with Gasteiger partial charge >= 0.3 is 6.18 Å². The third-order valence-electron chi connectivity index (χ3n) is 5.93. The number of rotatable bonds is 5. The van der Waals surface area contributed by atoms with Crippen molar-refractivity contribution in [3.63, 3.8) is 0 Å². The summed E-state index contributed by atoms with van der Waals surface area (Å²) in [7, 11) is -4.12. The smallest absolute Gasteiger partial charge is 0.362 e. The van der Waals surface area contributed by atoms with Gasteiger partial charge < -0.3 is 15.0 Å². The lowest BCUT2D eigenvalue weighted by Gasteiger charge is -2.39. The molecule has 4 rings (SSSR count). The monoisotopic (exact) mass is 533 g/mol. The van der Waals surface area contributed by atoms with E-state index in [1.807, 2.05) is 0 Å². The summed E-state index contributed by atoms with van der Waals surface area (Å²) < 4.78 is 68.7. The van der Waals surface area contributed by atoms with Crippen LogP contribution in [-0.2, 0) is 14.8 Å². The summed E-state index contributed by atoms with van der Waals surface area (Å²) in [4.78, 5) is 22.8. The maximum Gasteiger partial charge on any atom is 0.416 e. The summed E-state index contributed by atoms with van der Waals surface area (Å²) in [6, 6.07) is 3.80. The van der Waals surface area contributed by atoms with Gasteiger partial charge in [-0.2, -0.15) is 13.2 Å². The van der Waals surface area contributed by atoms with Crippen LogP contribution < -0.4 is 15.4 Å². The van der Waals surface area contributed by atoms with Gasteiger partial charge in [0.25, 0.3) is 15.9 Å². The van der Waals surface area contributed by atoms with E-state index in [1.54, 1.807) is 0 Å². The number of carbonyl (C=O) groups excluding carboxylic acids is 1. The van der Waals surface area contributed by atoms with E-state index in [9.17, 15) is 26.4 Å². The molecular weight excluding hydrogens is 511 g/mol. The molecule has 35 heavy (non-hydrogen) atoms. The van der Waals surface area contributed by atoms with Crippen LogP contribution in [0.1, 0.15) is 48.2 Å². The van der Waals surface area contributed by atoms with Gasteiger partial charge in [0.05, 0.1) is 28.9 Å². The van der Waals surface area contributed by atoms with Gasteiger partial charge in [-0.3, -0.25) is 4.79 Å². The van der Waals surface area contributed by atoms with Gasteiger partial charge in [-0.1, -0.05) is 18.0 Å². The highest BCUT2D eigenvalue weighted by Gasteiger charge is 2.46. The van der Waals surface area contributed by atoms with E-state index in [-0.39, 0.29) is 34.6 Å². The third-order valence-corrected chi connectivity index (χ3v) is 7.04. The molecule has 2 fully saturated rings. The van der Waals surface area contributed by atoms with E-state index in [0.717, 1.165) is 31.5 Å². The van der Waals surface area contributed by atoms with Gasteiger partial charge in [-0.25, -0.2) is 23.5 Å². The van der Waals surface area contributed by atoms with Crippen LogP contribution in [0.15, 0.2) is 29.4 Å². The Morgan fingerprint density at radius 1 is 1.29 bits per heavy atom. The Morgan fingerprint density at radius 2 is 2.00 bits per heavy atom. The summed E-state index contributed by atoms with van der Waals surface area (Å²) in [5, 5.41) is 7.40. The van der Waals surface area contributed by atoms with Gasteiger partial charge in [-0.15, -0.1) is 0 Å². The number of anilines is 2. The predicted molar refractivity (Wildman–Crippen MR) is 122 cm³/mol. The molecule has 2 atom stereocenters. The number of halogens is 4. The Bertz CT molecular complexity index is 1240. The normalized spacial score (nSPS) is 21.5. The maximum atomic E-state index is 13.5. The second kappa shape index (κ2) is 9.52. The first-order valence-corrected chi connectivity index (χ1v) is 12.7. The number of alkyl halides is 3. The minimum absolute atomic E-state index is 0.0536. The zero-order chi connectivity index (χ0) is 25.5. The number of nitrogens with one attached hydrogen (secondary N) is 1. The number of hydrogen-bond acceptors (Lipinski definition) is 7. The Labute approximate surface area is 204 Å². The zero-order valence-corrected chi connectivity index (χ0v) is 20.1. The topological polar surface area (TPSA) is 128 Å². The predicted octanol–water partition coefficient (Wildman–Crippen LogP) is 3.45. The number of morpholine rings is 1. The number of aromatic nitrogens is 2. The van der Waals surface area contributed by atoms with Crippen molar-refractivity contribution in [1.82, 2.24) is 9.97 Å². The summed E-state index contributed by atoms with van der Waals surface area (Å²) in [5.41, 5.74) is 0.553. The molecule has 1 saturated carbocycles. The van der Waals surface area contributed by atoms with Gasteiger partial charge in [0.1, 0.15) is 5.82 Å². The second-order valence-corrected chi connectivity index (χ2v) is 10.5. The van der Waals surface area contributed by atoms with Crippen LogP contribution in [0.4, 0.5) is 24.7 Å². The molecule has 1 saturated heterocycles. The van der Waals surface area contributed by atoms with E-state index >= 15 is 0 Å². The molecule has 0 spiro atoms. The Morgan fingerprint density at radius 3 is 2.60 bits per heavy atom. The minimum atomic E-state index is -4.60. The molecule has 3 N–H and O–H groups in total. The van der Waals surface area contributed by atoms with E-state index in [4.69, 9.17) is 21.5 Å². The van der Waals surface area contributed by atoms with Gasteiger partial charge in [0.15, 0.2) is 11.1 Å². The molecule has 1 amide bonds. The quantitative estimate of drug-likeness (QED) is 0.602. The fourth-order valence-electron chi connectivity index (χ4n) is 4.02. The first kappa shape index (κ1) is 25.6. The van der Waals surface area contributed by atoms with Crippen molar-refractivity contribution in [1.29, 1.82) is 0 Å². The summed E-state index contributed by atoms with van der Waals surface area (Å²) in [5.74, 6) is -0.615. The molecular formula is C21H23ClF3N5O4S. The van der Waals surface area contributed by atoms with Crippen molar-refractivity contribution in [2.45, 2.75) is 55.5 Å². The van der Waals surface area contributed by atoms with E-state index in [0.29, 0.717) is 5.69 Å². The highest BCUT2D eigenvalue weighted by atomic mass is 35.5.